The molecule has 0 radical (unpaired) electrons. The maximum absolute atomic E-state index is 12.8. The van der Waals surface area contributed by atoms with Gasteiger partial charge in [-0.1, -0.05) is 0 Å². The van der Waals surface area contributed by atoms with Crippen LogP contribution in [0.1, 0.15) is 18.5 Å². The second-order valence-electron chi connectivity index (χ2n) is 6.02. The molecule has 9 heteroatoms. The predicted octanol–water partition coefficient (Wildman–Crippen LogP) is 0.785. The van der Waals surface area contributed by atoms with Crippen molar-refractivity contribution in [1.82, 2.24) is 15.3 Å². The van der Waals surface area contributed by atoms with Crippen molar-refractivity contribution in [3.05, 3.63) is 18.0 Å². The van der Waals surface area contributed by atoms with E-state index in [4.69, 9.17) is 5.73 Å². The first-order valence-corrected chi connectivity index (χ1v) is 7.53. The third kappa shape index (κ3) is 3.54. The SMILES string of the molecule is NCC(=O)N[C@@H]1CN(c2nccc(C(F)(F)F)n2)C[C@H]1C1CC1. The predicted molar refractivity (Wildman–Crippen MR) is 76.4 cm³/mol. The van der Waals surface area contributed by atoms with E-state index in [-0.39, 0.29) is 30.4 Å². The van der Waals surface area contributed by atoms with E-state index in [0.29, 0.717) is 19.0 Å². The van der Waals surface area contributed by atoms with E-state index in [9.17, 15) is 18.0 Å². The van der Waals surface area contributed by atoms with Crippen molar-refractivity contribution in [3.8, 4) is 0 Å². The minimum atomic E-state index is -4.50. The Bertz CT molecular complexity index is 590. The lowest BCUT2D eigenvalue weighted by Crippen LogP contribution is -2.43. The molecule has 1 aliphatic carbocycles. The first-order chi connectivity index (χ1) is 10.9. The summed E-state index contributed by atoms with van der Waals surface area (Å²) in [6.45, 7) is 0.837. The van der Waals surface area contributed by atoms with Crippen molar-refractivity contribution in [1.29, 1.82) is 0 Å². The van der Waals surface area contributed by atoms with E-state index < -0.39 is 11.9 Å². The molecule has 3 N–H and O–H groups in total. The molecule has 1 saturated carbocycles. The number of alkyl halides is 3. The molecule has 1 saturated heterocycles. The lowest BCUT2D eigenvalue weighted by Gasteiger charge is -2.18. The number of aromatic nitrogens is 2. The number of carbonyl (C=O) groups is 1. The molecule has 1 aromatic heterocycles. The number of hydrogen-bond acceptors (Lipinski definition) is 5. The van der Waals surface area contributed by atoms with Crippen LogP contribution in [0.2, 0.25) is 0 Å². The van der Waals surface area contributed by atoms with E-state index in [1.54, 1.807) is 4.90 Å². The van der Waals surface area contributed by atoms with Gasteiger partial charge < -0.3 is 16.0 Å². The van der Waals surface area contributed by atoms with Crippen LogP contribution in [0, 0.1) is 11.8 Å². The summed E-state index contributed by atoms with van der Waals surface area (Å²) in [5, 5.41) is 2.86. The molecule has 3 rings (SSSR count). The largest absolute Gasteiger partial charge is 0.433 e. The number of halogens is 3. The van der Waals surface area contributed by atoms with Gasteiger partial charge in [-0.25, -0.2) is 9.97 Å². The number of amides is 1. The fourth-order valence-electron chi connectivity index (χ4n) is 3.07. The molecule has 23 heavy (non-hydrogen) atoms. The Kier molecular flexibility index (Phi) is 4.13. The quantitative estimate of drug-likeness (QED) is 0.853. The van der Waals surface area contributed by atoms with Gasteiger partial charge >= 0.3 is 6.18 Å². The van der Waals surface area contributed by atoms with Crippen LogP contribution in [0.3, 0.4) is 0 Å². The van der Waals surface area contributed by atoms with Gasteiger partial charge in [-0.15, -0.1) is 0 Å². The number of carbonyl (C=O) groups excluding carboxylic acids is 1. The van der Waals surface area contributed by atoms with Gasteiger partial charge in [-0.3, -0.25) is 4.79 Å². The summed E-state index contributed by atoms with van der Waals surface area (Å²) in [7, 11) is 0. The van der Waals surface area contributed by atoms with Crippen LogP contribution in [0.4, 0.5) is 19.1 Å². The van der Waals surface area contributed by atoms with Gasteiger partial charge in [0.1, 0.15) is 5.69 Å². The summed E-state index contributed by atoms with van der Waals surface area (Å²) in [4.78, 5) is 20.8. The number of hydrogen-bond donors (Lipinski definition) is 2. The Morgan fingerprint density at radius 2 is 2.13 bits per heavy atom. The highest BCUT2D eigenvalue weighted by atomic mass is 19.4. The average molecular weight is 329 g/mol. The molecule has 1 aromatic rings. The number of anilines is 1. The summed E-state index contributed by atoms with van der Waals surface area (Å²) < 4.78 is 38.4. The van der Waals surface area contributed by atoms with Crippen LogP contribution in [0.5, 0.6) is 0 Å². The fraction of sp³-hybridized carbons (Fsp3) is 0.643. The van der Waals surface area contributed by atoms with Gasteiger partial charge in [-0.2, -0.15) is 13.2 Å². The average Bonchev–Trinajstić information content (AvgIpc) is 3.27. The lowest BCUT2D eigenvalue weighted by atomic mass is 9.98. The van der Waals surface area contributed by atoms with Gasteiger partial charge in [0.2, 0.25) is 11.9 Å². The Morgan fingerprint density at radius 1 is 1.39 bits per heavy atom. The number of rotatable bonds is 4. The molecular formula is C14H18F3N5O. The Balaban J connectivity index is 1.77. The molecule has 2 heterocycles. The lowest BCUT2D eigenvalue weighted by molar-refractivity contribution is -0.141. The van der Waals surface area contributed by atoms with Crippen molar-refractivity contribution in [3.63, 3.8) is 0 Å². The summed E-state index contributed by atoms with van der Waals surface area (Å²) in [5.74, 6) is 0.486. The summed E-state index contributed by atoms with van der Waals surface area (Å²) in [6, 6.07) is 0.725. The minimum absolute atomic E-state index is 0.0509. The topological polar surface area (TPSA) is 84.1 Å². The van der Waals surface area contributed by atoms with Crippen LogP contribution in [-0.2, 0) is 11.0 Å². The first-order valence-electron chi connectivity index (χ1n) is 7.53. The smallest absolute Gasteiger partial charge is 0.350 e. The molecule has 0 unspecified atom stereocenters. The van der Waals surface area contributed by atoms with Crippen LogP contribution in [0.25, 0.3) is 0 Å². The Labute approximate surface area is 131 Å². The molecule has 1 amide bonds. The van der Waals surface area contributed by atoms with Crippen molar-refractivity contribution in [2.75, 3.05) is 24.5 Å². The van der Waals surface area contributed by atoms with Gasteiger partial charge in [0.05, 0.1) is 12.6 Å². The zero-order chi connectivity index (χ0) is 16.6. The molecule has 126 valence electrons. The summed E-state index contributed by atoms with van der Waals surface area (Å²) in [6.07, 6.45) is -1.22. The van der Waals surface area contributed by atoms with Crippen molar-refractivity contribution in [2.24, 2.45) is 17.6 Å². The maximum atomic E-state index is 12.8. The second-order valence-corrected chi connectivity index (χ2v) is 6.02. The maximum Gasteiger partial charge on any atom is 0.433 e. The molecule has 0 aromatic carbocycles. The van der Waals surface area contributed by atoms with E-state index in [2.05, 4.69) is 15.3 Å². The van der Waals surface area contributed by atoms with Crippen molar-refractivity contribution in [2.45, 2.75) is 25.1 Å². The molecule has 0 spiro atoms. The van der Waals surface area contributed by atoms with Gasteiger partial charge in [-0.05, 0) is 24.8 Å². The van der Waals surface area contributed by atoms with E-state index in [1.165, 1.54) is 0 Å². The highest BCUT2D eigenvalue weighted by molar-refractivity contribution is 5.78. The zero-order valence-corrected chi connectivity index (χ0v) is 12.4. The molecule has 1 aliphatic heterocycles. The second kappa shape index (κ2) is 5.95. The zero-order valence-electron chi connectivity index (χ0n) is 12.4. The van der Waals surface area contributed by atoms with Crippen molar-refractivity contribution < 1.29 is 18.0 Å². The molecule has 0 bridgehead atoms. The summed E-state index contributed by atoms with van der Waals surface area (Å²) >= 11 is 0. The molecule has 2 fully saturated rings. The molecule has 2 atom stereocenters. The van der Waals surface area contributed by atoms with Gasteiger partial charge in [0.15, 0.2) is 0 Å². The Hall–Kier alpha value is -1.90. The van der Waals surface area contributed by atoms with Crippen LogP contribution >= 0.6 is 0 Å². The standard InChI is InChI=1S/C14H18F3N5O/c15-14(16,17)11-3-4-19-13(21-11)22-6-9(8-1-2-8)10(7-22)20-12(23)5-18/h3-4,8-10H,1-2,5-7,18H2,(H,20,23)/t9-,10+/m0/s1. The fourth-order valence-corrected chi connectivity index (χ4v) is 3.07. The molecule has 2 aliphatic rings. The number of nitrogens with two attached hydrogens (primary N) is 1. The summed E-state index contributed by atoms with van der Waals surface area (Å²) in [5.41, 5.74) is 4.37. The minimum Gasteiger partial charge on any atom is -0.350 e. The highest BCUT2D eigenvalue weighted by Gasteiger charge is 2.44. The van der Waals surface area contributed by atoms with Crippen molar-refractivity contribution >= 4 is 11.9 Å². The van der Waals surface area contributed by atoms with E-state index >= 15 is 0 Å². The Morgan fingerprint density at radius 3 is 2.74 bits per heavy atom. The molecular weight excluding hydrogens is 311 g/mol. The normalized spacial score (nSPS) is 24.8. The van der Waals surface area contributed by atoms with Gasteiger partial charge in [0, 0.05) is 25.2 Å². The third-order valence-electron chi connectivity index (χ3n) is 4.34. The van der Waals surface area contributed by atoms with Gasteiger partial charge in [0.25, 0.3) is 0 Å². The van der Waals surface area contributed by atoms with Crippen LogP contribution in [-0.4, -0.2) is 41.6 Å². The monoisotopic (exact) mass is 329 g/mol. The van der Waals surface area contributed by atoms with E-state index in [0.717, 1.165) is 25.1 Å². The van der Waals surface area contributed by atoms with E-state index in [1.807, 2.05) is 0 Å². The number of nitrogens with zero attached hydrogens (tertiary/aromatic N) is 3. The highest BCUT2D eigenvalue weighted by Crippen LogP contribution is 2.42. The van der Waals surface area contributed by atoms with Crippen LogP contribution < -0.4 is 16.0 Å². The molecule has 6 nitrogen and oxygen atoms in total. The van der Waals surface area contributed by atoms with Crippen LogP contribution in [0.15, 0.2) is 12.3 Å². The first kappa shape index (κ1) is 16.0. The number of nitrogens with one attached hydrogen (secondary N) is 1. The third-order valence-corrected chi connectivity index (χ3v) is 4.34.